The molecule has 1 aliphatic rings. The van der Waals surface area contributed by atoms with Gasteiger partial charge in [-0.25, -0.2) is 23.5 Å². The van der Waals surface area contributed by atoms with E-state index in [0.717, 1.165) is 21.4 Å². The van der Waals surface area contributed by atoms with Crippen LogP contribution >= 0.6 is 22.7 Å². The maximum Gasteiger partial charge on any atom is 0.410 e. The monoisotopic (exact) mass is 534 g/mol. The number of thiazole rings is 1. The van der Waals surface area contributed by atoms with Crippen LogP contribution in [0, 0.1) is 11.6 Å². The van der Waals surface area contributed by atoms with Crippen LogP contribution in [0.15, 0.2) is 66.3 Å². The third-order valence-corrected chi connectivity index (χ3v) is 8.23. The summed E-state index contributed by atoms with van der Waals surface area (Å²) >= 11 is 2.65. The molecule has 37 heavy (non-hydrogen) atoms. The molecule has 1 N–H and O–H groups in total. The minimum Gasteiger partial charge on any atom is -0.445 e. The molecule has 1 unspecified atom stereocenters. The van der Waals surface area contributed by atoms with Gasteiger partial charge in [-0.15, -0.1) is 22.7 Å². The number of hydrogen-bond acceptors (Lipinski definition) is 7. The fourth-order valence-corrected chi connectivity index (χ4v) is 6.25. The van der Waals surface area contributed by atoms with Crippen LogP contribution in [-0.2, 0) is 11.3 Å². The Kier molecular flexibility index (Phi) is 6.05. The van der Waals surface area contributed by atoms with E-state index in [-0.39, 0.29) is 29.9 Å². The van der Waals surface area contributed by atoms with Crippen molar-refractivity contribution in [3.8, 4) is 0 Å². The highest BCUT2D eigenvalue weighted by atomic mass is 32.1. The lowest BCUT2D eigenvalue weighted by molar-refractivity contribution is 0.0977. The molecule has 0 saturated heterocycles. The van der Waals surface area contributed by atoms with Crippen molar-refractivity contribution in [3.63, 3.8) is 0 Å². The van der Waals surface area contributed by atoms with E-state index in [1.165, 1.54) is 34.3 Å². The van der Waals surface area contributed by atoms with Crippen molar-refractivity contribution in [2.75, 3.05) is 11.9 Å². The SMILES string of the molecule is CC1C(c2cc3c(Nc4c(F)cc5scnc5c4F)ccnc3s2)=CCN1C(=O)OCc1ccccc1. The fourth-order valence-electron chi connectivity index (χ4n) is 4.41. The van der Waals surface area contributed by atoms with Crippen molar-refractivity contribution < 1.29 is 18.3 Å². The number of hydrogen-bond donors (Lipinski definition) is 1. The van der Waals surface area contributed by atoms with E-state index in [1.54, 1.807) is 17.2 Å². The molecular weight excluding hydrogens is 514 g/mol. The van der Waals surface area contributed by atoms with Gasteiger partial charge in [0.1, 0.15) is 22.6 Å². The van der Waals surface area contributed by atoms with E-state index < -0.39 is 11.6 Å². The zero-order chi connectivity index (χ0) is 25.5. The Morgan fingerprint density at radius 2 is 2.03 bits per heavy atom. The lowest BCUT2D eigenvalue weighted by Crippen LogP contribution is -2.35. The van der Waals surface area contributed by atoms with E-state index in [1.807, 2.05) is 49.4 Å². The van der Waals surface area contributed by atoms with E-state index in [4.69, 9.17) is 4.74 Å². The normalized spacial score (nSPS) is 15.4. The van der Waals surface area contributed by atoms with Gasteiger partial charge in [-0.1, -0.05) is 36.4 Å². The summed E-state index contributed by atoms with van der Waals surface area (Å²) in [6.45, 7) is 2.59. The lowest BCUT2D eigenvalue weighted by atomic mass is 10.1. The smallest absolute Gasteiger partial charge is 0.410 e. The van der Waals surface area contributed by atoms with E-state index >= 15 is 4.39 Å². The summed E-state index contributed by atoms with van der Waals surface area (Å²) in [4.78, 5) is 24.5. The highest BCUT2D eigenvalue weighted by Gasteiger charge is 2.30. The van der Waals surface area contributed by atoms with Crippen LogP contribution in [0.1, 0.15) is 17.4 Å². The fraction of sp³-hybridized carbons (Fsp3) is 0.148. The van der Waals surface area contributed by atoms with Gasteiger partial charge in [0.2, 0.25) is 0 Å². The Morgan fingerprint density at radius 1 is 1.19 bits per heavy atom. The number of aromatic nitrogens is 2. The number of ether oxygens (including phenoxy) is 1. The van der Waals surface area contributed by atoms with E-state index in [0.29, 0.717) is 21.8 Å². The summed E-state index contributed by atoms with van der Waals surface area (Å²) in [5, 5.41) is 3.65. The molecule has 0 saturated carbocycles. The molecular formula is C27H20F2N4O2S2. The topological polar surface area (TPSA) is 67.4 Å². The second-order valence-corrected chi connectivity index (χ2v) is 10.5. The van der Waals surface area contributed by atoms with Crippen LogP contribution in [0.5, 0.6) is 0 Å². The molecule has 0 fully saturated rings. The van der Waals surface area contributed by atoms with Crippen molar-refractivity contribution >= 4 is 66.1 Å². The standard InChI is InChI=1S/C27H20F2N4O2S2/c1-15-17(8-10-33(15)27(34)35-13-16-5-3-2-4-6-16)21-11-18-20(7-9-30-26(18)37-21)32-24-19(28)12-22-25(23(24)29)31-14-36-22/h2-9,11-12,14-15H,10,13H2,1H3,(H,30,32). The van der Waals surface area contributed by atoms with Gasteiger partial charge in [0.25, 0.3) is 0 Å². The minimum atomic E-state index is -0.728. The first-order chi connectivity index (χ1) is 18.0. The Morgan fingerprint density at radius 3 is 2.86 bits per heavy atom. The Hall–Kier alpha value is -3.89. The zero-order valence-corrected chi connectivity index (χ0v) is 21.2. The van der Waals surface area contributed by atoms with Crippen LogP contribution < -0.4 is 5.32 Å². The molecule has 10 heteroatoms. The molecule has 3 aromatic heterocycles. The number of fused-ring (bicyclic) bond motifs is 2. The summed E-state index contributed by atoms with van der Waals surface area (Å²) in [5.74, 6) is -1.42. The highest BCUT2D eigenvalue weighted by Crippen LogP contribution is 2.39. The lowest BCUT2D eigenvalue weighted by Gasteiger charge is -2.23. The molecule has 6 rings (SSSR count). The summed E-state index contributed by atoms with van der Waals surface area (Å²) < 4.78 is 35.7. The molecule has 1 amide bonds. The minimum absolute atomic E-state index is 0.134. The first kappa shape index (κ1) is 23.5. The molecule has 1 atom stereocenters. The number of carbonyl (C=O) groups excluding carboxylic acids is 1. The number of benzene rings is 2. The second kappa shape index (κ2) is 9.53. The number of thiophene rings is 1. The molecule has 0 radical (unpaired) electrons. The van der Waals surface area contributed by atoms with Crippen molar-refractivity contribution in [2.45, 2.75) is 19.6 Å². The molecule has 2 aromatic carbocycles. The number of nitrogens with one attached hydrogen (secondary N) is 1. The van der Waals surface area contributed by atoms with Gasteiger partial charge in [-0.3, -0.25) is 4.90 Å². The van der Waals surface area contributed by atoms with Gasteiger partial charge < -0.3 is 10.1 Å². The van der Waals surface area contributed by atoms with Crippen LogP contribution in [0.4, 0.5) is 25.0 Å². The molecule has 1 aliphatic heterocycles. The molecule has 0 aliphatic carbocycles. The number of nitrogens with zero attached hydrogens (tertiary/aromatic N) is 3. The van der Waals surface area contributed by atoms with Gasteiger partial charge in [-0.2, -0.15) is 0 Å². The van der Waals surface area contributed by atoms with Crippen LogP contribution in [0.25, 0.3) is 26.0 Å². The molecule has 0 bridgehead atoms. The molecule has 0 spiro atoms. The molecule has 5 aromatic rings. The van der Waals surface area contributed by atoms with Crippen molar-refractivity contribution in [3.05, 3.63) is 88.4 Å². The van der Waals surface area contributed by atoms with Crippen LogP contribution in [-0.4, -0.2) is 33.5 Å². The first-order valence-electron chi connectivity index (χ1n) is 11.5. The van der Waals surface area contributed by atoms with Crippen molar-refractivity contribution in [1.82, 2.24) is 14.9 Å². The predicted octanol–water partition coefficient (Wildman–Crippen LogP) is 7.35. The van der Waals surface area contributed by atoms with Gasteiger partial charge in [-0.05, 0) is 36.3 Å². The second-order valence-electron chi connectivity index (χ2n) is 8.59. The van der Waals surface area contributed by atoms with Gasteiger partial charge in [0.05, 0.1) is 21.9 Å². The Bertz CT molecular complexity index is 1670. The van der Waals surface area contributed by atoms with E-state index in [2.05, 4.69) is 15.3 Å². The van der Waals surface area contributed by atoms with Gasteiger partial charge >= 0.3 is 6.09 Å². The number of anilines is 2. The molecule has 4 heterocycles. The average Bonchev–Trinajstić information content (AvgIpc) is 3.64. The molecule has 186 valence electrons. The van der Waals surface area contributed by atoms with E-state index in [9.17, 15) is 9.18 Å². The van der Waals surface area contributed by atoms with Gasteiger partial charge in [0.15, 0.2) is 11.6 Å². The van der Waals surface area contributed by atoms with Crippen LogP contribution in [0.3, 0.4) is 0 Å². The summed E-state index contributed by atoms with van der Waals surface area (Å²) in [5.41, 5.74) is 3.81. The summed E-state index contributed by atoms with van der Waals surface area (Å²) in [6, 6.07) is 14.2. The van der Waals surface area contributed by atoms with Crippen molar-refractivity contribution in [2.24, 2.45) is 0 Å². The Balaban J connectivity index is 1.24. The Labute approximate surface area is 218 Å². The number of amides is 1. The van der Waals surface area contributed by atoms with Crippen molar-refractivity contribution in [1.29, 1.82) is 0 Å². The number of carbonyl (C=O) groups is 1. The third-order valence-electron chi connectivity index (χ3n) is 6.36. The number of halogens is 2. The maximum atomic E-state index is 15.0. The van der Waals surface area contributed by atoms with Crippen LogP contribution in [0.2, 0.25) is 0 Å². The maximum absolute atomic E-state index is 15.0. The predicted molar refractivity (Wildman–Crippen MR) is 143 cm³/mol. The number of pyridine rings is 1. The molecule has 6 nitrogen and oxygen atoms in total. The summed E-state index contributed by atoms with van der Waals surface area (Å²) in [7, 11) is 0. The first-order valence-corrected chi connectivity index (χ1v) is 13.2. The quantitative estimate of drug-likeness (QED) is 0.255. The highest BCUT2D eigenvalue weighted by molar-refractivity contribution is 7.19. The average molecular weight is 535 g/mol. The third kappa shape index (κ3) is 4.32. The zero-order valence-electron chi connectivity index (χ0n) is 19.6. The number of rotatable bonds is 5. The largest absolute Gasteiger partial charge is 0.445 e. The van der Waals surface area contributed by atoms with Gasteiger partial charge in [0, 0.05) is 23.0 Å². The summed E-state index contributed by atoms with van der Waals surface area (Å²) in [6.07, 6.45) is 3.22.